The molecule has 0 spiro atoms. The van der Waals surface area contributed by atoms with Crippen molar-refractivity contribution in [2.45, 2.75) is 38.1 Å². The van der Waals surface area contributed by atoms with Crippen LogP contribution in [0.5, 0.6) is 0 Å². The Bertz CT molecular complexity index is 588. The first-order valence-corrected chi connectivity index (χ1v) is 6.98. The minimum Gasteiger partial charge on any atom is -0.325 e. The molecule has 0 atom stereocenters. The number of fused-ring (bicyclic) bond motifs is 1. The van der Waals surface area contributed by atoms with Crippen LogP contribution in [-0.4, -0.2) is 9.55 Å². The first-order chi connectivity index (χ1) is 8.68. The molecular weight excluding hydrogens is 302 g/mol. The Balaban J connectivity index is 2.15. The van der Waals surface area contributed by atoms with E-state index >= 15 is 0 Å². The summed E-state index contributed by atoms with van der Waals surface area (Å²) in [4.78, 5) is 4.18. The Labute approximate surface area is 112 Å². The highest BCUT2D eigenvalue weighted by molar-refractivity contribution is 9.10. The van der Waals surface area contributed by atoms with Gasteiger partial charge in [0, 0.05) is 6.04 Å². The standard InChI is InChI=1S/C13H13BrF2N2/c14-9-6-10-13(12(16)11(9)15)18(7-17-10)8-4-2-1-3-5-8/h6-8H,1-5H2. The second kappa shape index (κ2) is 4.61. The van der Waals surface area contributed by atoms with Crippen LogP contribution in [0.15, 0.2) is 16.9 Å². The molecule has 0 bridgehead atoms. The third-order valence-corrected chi connectivity index (χ3v) is 4.24. The highest BCUT2D eigenvalue weighted by Gasteiger charge is 2.22. The van der Waals surface area contributed by atoms with Crippen molar-refractivity contribution in [2.24, 2.45) is 0 Å². The first kappa shape index (κ1) is 12.1. The fraction of sp³-hybridized carbons (Fsp3) is 0.462. The summed E-state index contributed by atoms with van der Waals surface area (Å²) in [6.45, 7) is 0. The SMILES string of the molecule is Fc1c(Br)cc2ncn(C3CCCCC3)c2c1F. The van der Waals surface area contributed by atoms with Gasteiger partial charge in [0.05, 0.1) is 16.3 Å². The summed E-state index contributed by atoms with van der Waals surface area (Å²) in [5.74, 6) is -1.64. The van der Waals surface area contributed by atoms with E-state index in [2.05, 4.69) is 20.9 Å². The van der Waals surface area contributed by atoms with Crippen LogP contribution < -0.4 is 0 Å². The second-order valence-corrected chi connectivity index (χ2v) is 5.65. The molecule has 96 valence electrons. The summed E-state index contributed by atoms with van der Waals surface area (Å²) in [6.07, 6.45) is 7.18. The number of imidazole rings is 1. The highest BCUT2D eigenvalue weighted by atomic mass is 79.9. The van der Waals surface area contributed by atoms with Crippen molar-refractivity contribution in [1.29, 1.82) is 0 Å². The van der Waals surface area contributed by atoms with Gasteiger partial charge in [-0.1, -0.05) is 19.3 Å². The van der Waals surface area contributed by atoms with Crippen LogP contribution in [0.4, 0.5) is 8.78 Å². The molecule has 1 aliphatic rings. The van der Waals surface area contributed by atoms with Crippen molar-refractivity contribution in [3.63, 3.8) is 0 Å². The predicted octanol–water partition coefficient (Wildman–Crippen LogP) is 4.58. The van der Waals surface area contributed by atoms with E-state index in [-0.39, 0.29) is 10.5 Å². The molecular formula is C13H13BrF2N2. The summed E-state index contributed by atoms with van der Waals surface area (Å²) in [5.41, 5.74) is 0.800. The zero-order chi connectivity index (χ0) is 12.7. The Kier molecular flexibility index (Phi) is 3.09. The average molecular weight is 315 g/mol. The van der Waals surface area contributed by atoms with E-state index in [1.165, 1.54) is 12.5 Å². The Morgan fingerprint density at radius 1 is 1.17 bits per heavy atom. The smallest absolute Gasteiger partial charge is 0.185 e. The van der Waals surface area contributed by atoms with Gasteiger partial charge in [-0.25, -0.2) is 13.8 Å². The molecule has 0 N–H and O–H groups in total. The quantitative estimate of drug-likeness (QED) is 0.704. The van der Waals surface area contributed by atoms with E-state index in [0.717, 1.165) is 25.7 Å². The molecule has 1 saturated carbocycles. The molecule has 0 aliphatic heterocycles. The molecule has 1 aromatic heterocycles. The zero-order valence-electron chi connectivity index (χ0n) is 9.80. The maximum absolute atomic E-state index is 14.0. The van der Waals surface area contributed by atoms with Crippen molar-refractivity contribution >= 4 is 27.0 Å². The lowest BCUT2D eigenvalue weighted by Crippen LogP contribution is -2.12. The number of halogens is 3. The van der Waals surface area contributed by atoms with Crippen molar-refractivity contribution in [3.8, 4) is 0 Å². The van der Waals surface area contributed by atoms with Gasteiger partial charge in [-0.05, 0) is 34.8 Å². The van der Waals surface area contributed by atoms with Crippen LogP contribution in [0.25, 0.3) is 11.0 Å². The molecule has 1 fully saturated rings. The number of rotatable bonds is 1. The molecule has 2 aromatic rings. The lowest BCUT2D eigenvalue weighted by atomic mass is 9.95. The number of hydrogen-bond acceptors (Lipinski definition) is 1. The lowest BCUT2D eigenvalue weighted by molar-refractivity contribution is 0.356. The fourth-order valence-electron chi connectivity index (χ4n) is 2.74. The number of nitrogens with zero attached hydrogens (tertiary/aromatic N) is 2. The summed E-state index contributed by atoms with van der Waals surface area (Å²) in [5, 5.41) is 0. The van der Waals surface area contributed by atoms with Crippen LogP contribution in [0.2, 0.25) is 0 Å². The van der Waals surface area contributed by atoms with Crippen LogP contribution in [0, 0.1) is 11.6 Å². The lowest BCUT2D eigenvalue weighted by Gasteiger charge is -2.23. The fourth-order valence-corrected chi connectivity index (χ4v) is 3.13. The summed E-state index contributed by atoms with van der Waals surface area (Å²) < 4.78 is 29.6. The van der Waals surface area contributed by atoms with Gasteiger partial charge in [-0.15, -0.1) is 0 Å². The Morgan fingerprint density at radius 2 is 1.89 bits per heavy atom. The van der Waals surface area contributed by atoms with Crippen LogP contribution in [0.1, 0.15) is 38.1 Å². The van der Waals surface area contributed by atoms with Crippen molar-refractivity contribution in [1.82, 2.24) is 9.55 Å². The third kappa shape index (κ3) is 1.85. The summed E-state index contributed by atoms with van der Waals surface area (Å²) >= 11 is 3.01. The molecule has 5 heteroatoms. The molecule has 0 saturated heterocycles. The number of hydrogen-bond donors (Lipinski definition) is 0. The normalized spacial score (nSPS) is 17.5. The summed E-state index contributed by atoms with van der Waals surface area (Å²) in [7, 11) is 0. The highest BCUT2D eigenvalue weighted by Crippen LogP contribution is 2.33. The van der Waals surface area contributed by atoms with E-state index in [0.29, 0.717) is 11.0 Å². The van der Waals surface area contributed by atoms with E-state index in [9.17, 15) is 8.78 Å². The largest absolute Gasteiger partial charge is 0.325 e. The van der Waals surface area contributed by atoms with E-state index in [1.54, 1.807) is 10.9 Å². The van der Waals surface area contributed by atoms with E-state index in [1.807, 2.05) is 0 Å². The van der Waals surface area contributed by atoms with Crippen molar-refractivity contribution < 1.29 is 8.78 Å². The van der Waals surface area contributed by atoms with Crippen LogP contribution in [-0.2, 0) is 0 Å². The minimum absolute atomic E-state index is 0.126. The van der Waals surface area contributed by atoms with Gasteiger partial charge in [-0.3, -0.25) is 0 Å². The molecule has 1 aromatic carbocycles. The monoisotopic (exact) mass is 314 g/mol. The van der Waals surface area contributed by atoms with Gasteiger partial charge < -0.3 is 4.57 Å². The van der Waals surface area contributed by atoms with E-state index < -0.39 is 11.6 Å². The van der Waals surface area contributed by atoms with Gasteiger partial charge in [0.1, 0.15) is 5.52 Å². The maximum atomic E-state index is 14.0. The van der Waals surface area contributed by atoms with Gasteiger partial charge >= 0.3 is 0 Å². The number of aromatic nitrogens is 2. The minimum atomic E-state index is -0.833. The van der Waals surface area contributed by atoms with Crippen molar-refractivity contribution in [3.05, 3.63) is 28.5 Å². The predicted molar refractivity (Wildman–Crippen MR) is 69.5 cm³/mol. The van der Waals surface area contributed by atoms with E-state index in [4.69, 9.17) is 0 Å². The van der Waals surface area contributed by atoms with Crippen molar-refractivity contribution in [2.75, 3.05) is 0 Å². The molecule has 0 amide bonds. The molecule has 1 aliphatic carbocycles. The third-order valence-electron chi connectivity index (χ3n) is 3.66. The molecule has 0 radical (unpaired) electrons. The van der Waals surface area contributed by atoms with Gasteiger partial charge in [0.25, 0.3) is 0 Å². The Hall–Kier alpha value is -0.970. The second-order valence-electron chi connectivity index (χ2n) is 4.80. The molecule has 3 rings (SSSR count). The number of benzene rings is 1. The van der Waals surface area contributed by atoms with Gasteiger partial charge in [-0.2, -0.15) is 0 Å². The van der Waals surface area contributed by atoms with Crippen LogP contribution in [0.3, 0.4) is 0 Å². The van der Waals surface area contributed by atoms with Gasteiger partial charge in [0.15, 0.2) is 11.6 Å². The molecule has 1 heterocycles. The topological polar surface area (TPSA) is 17.8 Å². The molecule has 18 heavy (non-hydrogen) atoms. The maximum Gasteiger partial charge on any atom is 0.185 e. The van der Waals surface area contributed by atoms with Crippen LogP contribution >= 0.6 is 15.9 Å². The molecule has 0 unspecified atom stereocenters. The zero-order valence-corrected chi connectivity index (χ0v) is 11.4. The van der Waals surface area contributed by atoms with Gasteiger partial charge in [0.2, 0.25) is 0 Å². The Morgan fingerprint density at radius 3 is 2.61 bits per heavy atom. The average Bonchev–Trinajstić information content (AvgIpc) is 2.81. The first-order valence-electron chi connectivity index (χ1n) is 6.18. The molecule has 2 nitrogen and oxygen atoms in total. The summed E-state index contributed by atoms with van der Waals surface area (Å²) in [6, 6.07) is 1.78.